The summed E-state index contributed by atoms with van der Waals surface area (Å²) in [6.45, 7) is 12.4. The molecule has 5 nitrogen and oxygen atoms in total. The van der Waals surface area contributed by atoms with E-state index in [0.717, 1.165) is 58.7 Å². The van der Waals surface area contributed by atoms with E-state index in [1.165, 1.54) is 0 Å². The van der Waals surface area contributed by atoms with Gasteiger partial charge in [-0.2, -0.15) is 0 Å². The van der Waals surface area contributed by atoms with E-state index in [-0.39, 0.29) is 18.3 Å². The number of nitrogens with zero attached hydrogens (tertiary/aromatic N) is 2. The first-order valence-corrected chi connectivity index (χ1v) is 8.46. The number of hydrogen-bond donors (Lipinski definition) is 1. The van der Waals surface area contributed by atoms with E-state index >= 15 is 0 Å². The Bertz CT molecular complexity index is 291. The summed E-state index contributed by atoms with van der Waals surface area (Å²) in [7, 11) is 0. The molecule has 1 N–H and O–H groups in total. The molecule has 2 aliphatic heterocycles. The second kappa shape index (κ2) is 8.44. The Morgan fingerprint density at radius 3 is 2.43 bits per heavy atom. The van der Waals surface area contributed by atoms with Gasteiger partial charge in [0.25, 0.3) is 0 Å². The van der Waals surface area contributed by atoms with Crippen molar-refractivity contribution in [2.45, 2.75) is 58.0 Å². The molecule has 5 heteroatoms. The quantitative estimate of drug-likeness (QED) is 0.791. The second-order valence-electron chi connectivity index (χ2n) is 6.67. The van der Waals surface area contributed by atoms with Crippen molar-refractivity contribution in [2.24, 2.45) is 0 Å². The van der Waals surface area contributed by atoms with Crippen LogP contribution in [0.25, 0.3) is 0 Å². The first-order chi connectivity index (χ1) is 10.1. The molecule has 0 aromatic rings. The van der Waals surface area contributed by atoms with Gasteiger partial charge < -0.3 is 14.6 Å². The van der Waals surface area contributed by atoms with Crippen LogP contribution < -0.4 is 0 Å². The van der Waals surface area contributed by atoms with Gasteiger partial charge in [-0.3, -0.25) is 9.80 Å². The Hall–Kier alpha value is -0.200. The summed E-state index contributed by atoms with van der Waals surface area (Å²) in [5, 5.41) is 10.4. The van der Waals surface area contributed by atoms with Crippen LogP contribution in [-0.2, 0) is 9.47 Å². The van der Waals surface area contributed by atoms with Gasteiger partial charge >= 0.3 is 0 Å². The number of ether oxygens (including phenoxy) is 2. The molecular formula is C16H32N2O3. The van der Waals surface area contributed by atoms with Crippen LogP contribution in [0.2, 0.25) is 0 Å². The van der Waals surface area contributed by atoms with Crippen LogP contribution in [0.4, 0.5) is 0 Å². The van der Waals surface area contributed by atoms with Crippen LogP contribution in [0, 0.1) is 0 Å². The summed E-state index contributed by atoms with van der Waals surface area (Å²) in [5.74, 6) is 0. The molecule has 2 saturated heterocycles. The van der Waals surface area contributed by atoms with Gasteiger partial charge in [0.2, 0.25) is 0 Å². The summed E-state index contributed by atoms with van der Waals surface area (Å²) in [4.78, 5) is 4.68. The molecule has 4 unspecified atom stereocenters. The molecule has 21 heavy (non-hydrogen) atoms. The molecule has 124 valence electrons. The molecule has 2 aliphatic rings. The van der Waals surface area contributed by atoms with Crippen LogP contribution in [0.15, 0.2) is 0 Å². The lowest BCUT2D eigenvalue weighted by atomic mass is 10.1. The second-order valence-corrected chi connectivity index (χ2v) is 6.67. The van der Waals surface area contributed by atoms with Gasteiger partial charge in [-0.05, 0) is 20.3 Å². The maximum absolute atomic E-state index is 10.4. The highest BCUT2D eigenvalue weighted by molar-refractivity contribution is 4.79. The minimum absolute atomic E-state index is 0.262. The third-order valence-corrected chi connectivity index (χ3v) is 4.27. The van der Waals surface area contributed by atoms with E-state index in [4.69, 9.17) is 9.47 Å². The van der Waals surface area contributed by atoms with Gasteiger partial charge in [-0.1, -0.05) is 13.3 Å². The highest BCUT2D eigenvalue weighted by Gasteiger charge is 2.26. The lowest BCUT2D eigenvalue weighted by Gasteiger charge is -2.38. The first-order valence-electron chi connectivity index (χ1n) is 8.46. The lowest BCUT2D eigenvalue weighted by Crippen LogP contribution is -2.51. The van der Waals surface area contributed by atoms with E-state index < -0.39 is 0 Å². The zero-order chi connectivity index (χ0) is 15.2. The van der Waals surface area contributed by atoms with Crippen molar-refractivity contribution in [3.8, 4) is 0 Å². The van der Waals surface area contributed by atoms with E-state index in [1.807, 2.05) is 0 Å². The highest BCUT2D eigenvalue weighted by atomic mass is 16.5. The van der Waals surface area contributed by atoms with Crippen LogP contribution >= 0.6 is 0 Å². The smallest absolute Gasteiger partial charge is 0.0793 e. The molecule has 2 rings (SSSR count). The monoisotopic (exact) mass is 300 g/mol. The maximum Gasteiger partial charge on any atom is 0.0793 e. The number of rotatable bonds is 6. The average Bonchev–Trinajstić information content (AvgIpc) is 2.37. The van der Waals surface area contributed by atoms with Gasteiger partial charge in [0.15, 0.2) is 0 Å². The third kappa shape index (κ3) is 5.83. The Morgan fingerprint density at radius 2 is 1.76 bits per heavy atom. The molecule has 0 aliphatic carbocycles. The zero-order valence-corrected chi connectivity index (χ0v) is 13.8. The SMILES string of the molecule is CCCC1CN(CC(O)CN2CC(C)OC(C)C2)CCO1. The summed E-state index contributed by atoms with van der Waals surface area (Å²) >= 11 is 0. The van der Waals surface area contributed by atoms with Crippen molar-refractivity contribution in [1.82, 2.24) is 9.80 Å². The minimum Gasteiger partial charge on any atom is -0.390 e. The molecular weight excluding hydrogens is 268 g/mol. The van der Waals surface area contributed by atoms with Crippen LogP contribution in [0.3, 0.4) is 0 Å². The molecule has 2 fully saturated rings. The fraction of sp³-hybridized carbons (Fsp3) is 1.00. The molecule has 0 aromatic carbocycles. The normalized spacial score (nSPS) is 34.0. The Balaban J connectivity index is 1.72. The molecule has 0 spiro atoms. The molecule has 0 saturated carbocycles. The highest BCUT2D eigenvalue weighted by Crippen LogP contribution is 2.13. The predicted molar refractivity (Wildman–Crippen MR) is 83.5 cm³/mol. The summed E-state index contributed by atoms with van der Waals surface area (Å²) in [5.41, 5.74) is 0. The number of aliphatic hydroxyl groups excluding tert-OH is 1. The lowest BCUT2D eigenvalue weighted by molar-refractivity contribution is -0.0825. The average molecular weight is 300 g/mol. The molecule has 0 radical (unpaired) electrons. The van der Waals surface area contributed by atoms with Crippen LogP contribution in [0.5, 0.6) is 0 Å². The molecule has 4 atom stereocenters. The van der Waals surface area contributed by atoms with E-state index in [2.05, 4.69) is 30.6 Å². The third-order valence-electron chi connectivity index (χ3n) is 4.27. The number of hydrogen-bond acceptors (Lipinski definition) is 5. The molecule has 0 amide bonds. The summed E-state index contributed by atoms with van der Waals surface area (Å²) < 4.78 is 11.5. The Kier molecular flexibility index (Phi) is 6.89. The van der Waals surface area contributed by atoms with Gasteiger partial charge in [0.05, 0.1) is 31.0 Å². The fourth-order valence-corrected chi connectivity index (χ4v) is 3.53. The first kappa shape index (κ1) is 17.2. The fourth-order valence-electron chi connectivity index (χ4n) is 3.53. The van der Waals surface area contributed by atoms with Gasteiger partial charge in [-0.25, -0.2) is 0 Å². The van der Waals surface area contributed by atoms with Crippen molar-refractivity contribution in [1.29, 1.82) is 0 Å². The topological polar surface area (TPSA) is 45.2 Å². The number of β-amino-alcohol motifs (C(OH)–C–C–N with tert-alkyl or cyclic N) is 1. The van der Waals surface area contributed by atoms with Gasteiger partial charge in [0.1, 0.15) is 0 Å². The minimum atomic E-state index is -0.289. The Labute approximate surface area is 129 Å². The van der Waals surface area contributed by atoms with Crippen LogP contribution in [0.1, 0.15) is 33.6 Å². The van der Waals surface area contributed by atoms with Crippen LogP contribution in [-0.4, -0.2) is 85.2 Å². The molecule has 2 heterocycles. The largest absolute Gasteiger partial charge is 0.390 e. The van der Waals surface area contributed by atoms with Crippen molar-refractivity contribution >= 4 is 0 Å². The molecule has 0 bridgehead atoms. The standard InChI is InChI=1S/C16H32N2O3/c1-4-5-16-12-17(6-7-20-16)10-15(19)11-18-8-13(2)21-14(3)9-18/h13-16,19H,4-12H2,1-3H3. The molecule has 0 aromatic heterocycles. The Morgan fingerprint density at radius 1 is 1.10 bits per heavy atom. The van der Waals surface area contributed by atoms with Gasteiger partial charge in [0, 0.05) is 39.3 Å². The van der Waals surface area contributed by atoms with E-state index in [9.17, 15) is 5.11 Å². The van der Waals surface area contributed by atoms with E-state index in [0.29, 0.717) is 6.10 Å². The van der Waals surface area contributed by atoms with E-state index in [1.54, 1.807) is 0 Å². The van der Waals surface area contributed by atoms with Gasteiger partial charge in [-0.15, -0.1) is 0 Å². The van der Waals surface area contributed by atoms with Crippen molar-refractivity contribution in [2.75, 3.05) is 45.9 Å². The zero-order valence-electron chi connectivity index (χ0n) is 13.8. The summed E-state index contributed by atoms with van der Waals surface area (Å²) in [6, 6.07) is 0. The maximum atomic E-state index is 10.4. The number of aliphatic hydroxyl groups is 1. The van der Waals surface area contributed by atoms with Crippen molar-refractivity contribution in [3.05, 3.63) is 0 Å². The summed E-state index contributed by atoms with van der Waals surface area (Å²) in [6.07, 6.45) is 2.86. The number of morpholine rings is 2. The van der Waals surface area contributed by atoms with Crippen molar-refractivity contribution < 1.29 is 14.6 Å². The van der Waals surface area contributed by atoms with Crippen molar-refractivity contribution in [3.63, 3.8) is 0 Å². The predicted octanol–water partition coefficient (Wildman–Crippen LogP) is 0.957.